The monoisotopic (exact) mass is 519 g/mol. The zero-order valence-corrected chi connectivity index (χ0v) is 22.6. The van der Waals surface area contributed by atoms with Gasteiger partial charge in [0, 0.05) is 19.0 Å². The number of carbonyl (C=O) groups is 1. The Morgan fingerprint density at radius 1 is 1.11 bits per heavy atom. The molecule has 1 aliphatic carbocycles. The number of hydrogen-bond acceptors (Lipinski definition) is 4. The Kier molecular flexibility index (Phi) is 5.86. The van der Waals surface area contributed by atoms with Crippen LogP contribution in [0, 0.1) is 0 Å². The minimum Gasteiger partial charge on any atom is -0.444 e. The van der Waals surface area contributed by atoms with E-state index in [1.807, 2.05) is 37.8 Å². The predicted octanol–water partition coefficient (Wildman–Crippen LogP) is 6.72. The summed E-state index contributed by atoms with van der Waals surface area (Å²) in [5.74, 6) is 1.08. The highest BCUT2D eigenvalue weighted by atomic mass is 35.5. The molecule has 6 rings (SSSR count). The number of piperidine rings is 1. The van der Waals surface area contributed by atoms with Crippen LogP contribution in [0.2, 0.25) is 5.02 Å². The molecule has 0 radical (unpaired) electrons. The number of aromatic nitrogens is 2. The summed E-state index contributed by atoms with van der Waals surface area (Å²) in [6.45, 7) is 7.07. The van der Waals surface area contributed by atoms with Crippen molar-refractivity contribution in [1.82, 2.24) is 14.5 Å². The quantitative estimate of drug-likeness (QED) is 0.358. The molecule has 1 saturated carbocycles. The number of halogens is 1. The highest BCUT2D eigenvalue weighted by molar-refractivity contribution is 6.35. The van der Waals surface area contributed by atoms with E-state index in [2.05, 4.69) is 22.8 Å². The van der Waals surface area contributed by atoms with Gasteiger partial charge in [-0.1, -0.05) is 49.1 Å². The summed E-state index contributed by atoms with van der Waals surface area (Å²) in [7, 11) is 0. The van der Waals surface area contributed by atoms with Gasteiger partial charge in [0.15, 0.2) is 0 Å². The molecule has 0 bridgehead atoms. The van der Waals surface area contributed by atoms with Crippen molar-refractivity contribution in [2.75, 3.05) is 13.1 Å². The summed E-state index contributed by atoms with van der Waals surface area (Å²) >= 11 is 6.51. The third-order valence-electron chi connectivity index (χ3n) is 8.32. The maximum Gasteiger partial charge on any atom is 0.410 e. The third kappa shape index (κ3) is 4.04. The van der Waals surface area contributed by atoms with E-state index in [0.29, 0.717) is 17.0 Å². The molecule has 1 aromatic heterocycles. The van der Waals surface area contributed by atoms with Gasteiger partial charge in [0.05, 0.1) is 27.0 Å². The van der Waals surface area contributed by atoms with Crippen molar-refractivity contribution in [2.45, 2.75) is 82.7 Å². The summed E-state index contributed by atoms with van der Waals surface area (Å²) in [4.78, 5) is 32.5. The number of likely N-dealkylation sites (tertiary alicyclic amines) is 1. The van der Waals surface area contributed by atoms with E-state index >= 15 is 0 Å². The van der Waals surface area contributed by atoms with E-state index in [9.17, 15) is 9.59 Å². The molecule has 1 saturated heterocycles. The van der Waals surface area contributed by atoms with Gasteiger partial charge in [-0.05, 0) is 75.8 Å². The summed E-state index contributed by atoms with van der Waals surface area (Å²) in [6, 6.07) is 12.4. The number of carbonyl (C=O) groups excluding carboxylic acids is 1. The molecule has 7 heteroatoms. The van der Waals surface area contributed by atoms with Crippen molar-refractivity contribution in [2.24, 2.45) is 0 Å². The molecule has 3 heterocycles. The first-order valence-electron chi connectivity index (χ1n) is 13.5. The normalized spacial score (nSPS) is 20.6. The zero-order chi connectivity index (χ0) is 25.9. The Labute approximate surface area is 222 Å². The maximum atomic E-state index is 13.2. The lowest BCUT2D eigenvalue weighted by Gasteiger charge is -2.35. The number of ether oxygens (including phenoxy) is 1. The van der Waals surface area contributed by atoms with Gasteiger partial charge in [0.1, 0.15) is 11.4 Å². The molecule has 3 aromatic rings. The number of amides is 1. The molecule has 2 fully saturated rings. The SMILES string of the molecule is CC(C)(C)OC(=O)N1CCCC(c2ccc3c(c2)-n2c(nc(=O)c4c(Cl)cccc42)C32CCCCC2)C1. The van der Waals surface area contributed by atoms with Crippen molar-refractivity contribution in [3.05, 3.63) is 68.7 Å². The summed E-state index contributed by atoms with van der Waals surface area (Å²) in [6.07, 6.45) is 7.16. The Morgan fingerprint density at radius 2 is 1.89 bits per heavy atom. The molecule has 1 amide bonds. The van der Waals surface area contributed by atoms with Crippen LogP contribution < -0.4 is 5.56 Å². The van der Waals surface area contributed by atoms with Crippen LogP contribution in [-0.4, -0.2) is 39.2 Å². The second kappa shape index (κ2) is 8.87. The maximum absolute atomic E-state index is 13.2. The third-order valence-corrected chi connectivity index (χ3v) is 8.64. The van der Waals surface area contributed by atoms with E-state index in [4.69, 9.17) is 21.3 Å². The lowest BCUT2D eigenvalue weighted by atomic mass is 9.69. The fraction of sp³-hybridized carbons (Fsp3) is 0.500. The van der Waals surface area contributed by atoms with Gasteiger partial charge in [-0.25, -0.2) is 4.79 Å². The minimum atomic E-state index is -0.512. The molecule has 2 aromatic carbocycles. The highest BCUT2D eigenvalue weighted by Gasteiger charge is 2.46. The first kappa shape index (κ1) is 24.5. The Balaban J connectivity index is 1.46. The minimum absolute atomic E-state index is 0.222. The van der Waals surface area contributed by atoms with Gasteiger partial charge in [0.25, 0.3) is 5.56 Å². The number of nitrogens with zero attached hydrogens (tertiary/aromatic N) is 3. The molecular formula is C30H34ClN3O3. The molecule has 1 spiro atoms. The Morgan fingerprint density at radius 3 is 2.65 bits per heavy atom. The van der Waals surface area contributed by atoms with E-state index in [1.54, 1.807) is 6.07 Å². The fourth-order valence-corrected chi connectivity index (χ4v) is 6.94. The molecule has 3 aliphatic rings. The molecule has 6 nitrogen and oxygen atoms in total. The van der Waals surface area contributed by atoms with Gasteiger partial charge in [-0.15, -0.1) is 0 Å². The lowest BCUT2D eigenvalue weighted by Crippen LogP contribution is -2.42. The van der Waals surface area contributed by atoms with E-state index < -0.39 is 5.60 Å². The first-order chi connectivity index (χ1) is 17.7. The number of rotatable bonds is 1. The van der Waals surface area contributed by atoms with E-state index in [0.717, 1.165) is 62.1 Å². The number of benzene rings is 2. The van der Waals surface area contributed by atoms with Gasteiger partial charge in [-0.3, -0.25) is 9.36 Å². The highest BCUT2D eigenvalue weighted by Crippen LogP contribution is 2.52. The van der Waals surface area contributed by atoms with Crippen molar-refractivity contribution >= 4 is 28.6 Å². The van der Waals surface area contributed by atoms with Gasteiger partial charge >= 0.3 is 6.09 Å². The average Bonchev–Trinajstić information content (AvgIpc) is 3.12. The van der Waals surface area contributed by atoms with Gasteiger partial charge < -0.3 is 9.64 Å². The van der Waals surface area contributed by atoms with Crippen LogP contribution in [0.5, 0.6) is 0 Å². The number of fused-ring (bicyclic) bond motifs is 7. The van der Waals surface area contributed by atoms with Gasteiger partial charge in [0.2, 0.25) is 0 Å². The Hall–Kier alpha value is -2.86. The second-order valence-corrected chi connectivity index (χ2v) is 12.3. The zero-order valence-electron chi connectivity index (χ0n) is 21.8. The van der Waals surface area contributed by atoms with Gasteiger partial charge in [-0.2, -0.15) is 4.98 Å². The van der Waals surface area contributed by atoms with Crippen molar-refractivity contribution in [3.63, 3.8) is 0 Å². The molecule has 37 heavy (non-hydrogen) atoms. The molecule has 1 unspecified atom stereocenters. The summed E-state index contributed by atoms with van der Waals surface area (Å²) < 4.78 is 7.86. The van der Waals surface area contributed by atoms with E-state index in [-0.39, 0.29) is 23.0 Å². The van der Waals surface area contributed by atoms with Crippen LogP contribution in [0.1, 0.15) is 88.6 Å². The van der Waals surface area contributed by atoms with Crippen LogP contribution in [0.4, 0.5) is 4.79 Å². The molecule has 0 N–H and O–H groups in total. The molecular weight excluding hydrogens is 486 g/mol. The molecule has 194 valence electrons. The number of hydrogen-bond donors (Lipinski definition) is 0. The first-order valence-corrected chi connectivity index (χ1v) is 13.9. The molecule has 1 atom stereocenters. The predicted molar refractivity (Wildman–Crippen MR) is 146 cm³/mol. The molecule has 2 aliphatic heterocycles. The van der Waals surface area contributed by atoms with Crippen molar-refractivity contribution in [1.29, 1.82) is 0 Å². The van der Waals surface area contributed by atoms with Crippen LogP contribution in [0.15, 0.2) is 41.2 Å². The summed E-state index contributed by atoms with van der Waals surface area (Å²) in [5, 5.41) is 0.916. The average molecular weight is 520 g/mol. The lowest BCUT2D eigenvalue weighted by molar-refractivity contribution is 0.0198. The standard InChI is InChI=1S/C30H34ClN3O3/c1-29(2,3)37-28(36)33-16-8-9-20(18-33)19-12-13-21-24(17-19)34-23-11-7-10-22(31)25(23)26(35)32-27(34)30(21)14-5-4-6-15-30/h7,10-13,17,20H,4-6,8-9,14-16,18H2,1-3H3. The van der Waals surface area contributed by atoms with Crippen molar-refractivity contribution in [3.8, 4) is 5.69 Å². The smallest absolute Gasteiger partial charge is 0.410 e. The largest absolute Gasteiger partial charge is 0.444 e. The van der Waals surface area contributed by atoms with Crippen molar-refractivity contribution < 1.29 is 9.53 Å². The fourth-order valence-electron chi connectivity index (χ4n) is 6.69. The van der Waals surface area contributed by atoms with Crippen LogP contribution in [0.3, 0.4) is 0 Å². The topological polar surface area (TPSA) is 64.4 Å². The Bertz CT molecular complexity index is 1450. The van der Waals surface area contributed by atoms with Crippen LogP contribution >= 0.6 is 11.6 Å². The van der Waals surface area contributed by atoms with Crippen LogP contribution in [0.25, 0.3) is 16.6 Å². The van der Waals surface area contributed by atoms with Crippen LogP contribution in [-0.2, 0) is 10.2 Å². The second-order valence-electron chi connectivity index (χ2n) is 11.9. The van der Waals surface area contributed by atoms with E-state index in [1.165, 1.54) is 17.5 Å². The summed E-state index contributed by atoms with van der Waals surface area (Å²) in [5.41, 5.74) is 3.39.